The van der Waals surface area contributed by atoms with Crippen molar-refractivity contribution in [3.05, 3.63) is 47.8 Å². The van der Waals surface area contributed by atoms with Crippen molar-refractivity contribution in [2.75, 3.05) is 0 Å². The molecule has 0 atom stereocenters. The molecule has 3 heteroatoms. The number of benzene rings is 1. The molecule has 0 radical (unpaired) electrons. The normalized spacial score (nSPS) is 10.6. The second-order valence-corrected chi connectivity index (χ2v) is 4.40. The standard InChI is InChI=1S/C15H20N2O/c1-3-9-17-11-15(10-16-17)18-12-14-7-5-13(4-2)6-8-14/h5-8,10-11H,3-4,9,12H2,1-2H3. The fraction of sp³-hybridized carbons (Fsp3) is 0.400. The summed E-state index contributed by atoms with van der Waals surface area (Å²) in [6, 6.07) is 8.54. The van der Waals surface area contributed by atoms with E-state index in [2.05, 4.69) is 43.2 Å². The van der Waals surface area contributed by atoms with Gasteiger partial charge in [0.15, 0.2) is 5.75 Å². The van der Waals surface area contributed by atoms with Crippen molar-refractivity contribution in [3.8, 4) is 5.75 Å². The van der Waals surface area contributed by atoms with E-state index in [0.717, 1.165) is 25.1 Å². The van der Waals surface area contributed by atoms with Gasteiger partial charge in [-0.1, -0.05) is 38.1 Å². The van der Waals surface area contributed by atoms with Gasteiger partial charge >= 0.3 is 0 Å². The number of ether oxygens (including phenoxy) is 1. The summed E-state index contributed by atoms with van der Waals surface area (Å²) in [6.45, 7) is 5.83. The van der Waals surface area contributed by atoms with E-state index in [0.29, 0.717) is 6.61 Å². The Balaban J connectivity index is 1.89. The molecule has 0 bridgehead atoms. The summed E-state index contributed by atoms with van der Waals surface area (Å²) in [7, 11) is 0. The Labute approximate surface area is 108 Å². The molecule has 96 valence electrons. The molecule has 1 aromatic carbocycles. The first-order valence-corrected chi connectivity index (χ1v) is 6.55. The van der Waals surface area contributed by atoms with Crippen LogP contribution in [0.2, 0.25) is 0 Å². The Morgan fingerprint density at radius 3 is 2.50 bits per heavy atom. The van der Waals surface area contributed by atoms with Gasteiger partial charge in [0.2, 0.25) is 0 Å². The van der Waals surface area contributed by atoms with E-state index in [4.69, 9.17) is 4.74 Å². The van der Waals surface area contributed by atoms with Gasteiger partial charge in [-0.2, -0.15) is 5.10 Å². The highest BCUT2D eigenvalue weighted by Gasteiger charge is 2.00. The van der Waals surface area contributed by atoms with Gasteiger partial charge in [0, 0.05) is 6.54 Å². The molecular weight excluding hydrogens is 224 g/mol. The molecule has 0 aliphatic heterocycles. The number of nitrogens with zero attached hydrogens (tertiary/aromatic N) is 2. The maximum Gasteiger partial charge on any atom is 0.157 e. The third-order valence-corrected chi connectivity index (χ3v) is 2.90. The fourth-order valence-electron chi connectivity index (χ4n) is 1.81. The summed E-state index contributed by atoms with van der Waals surface area (Å²) in [4.78, 5) is 0. The van der Waals surface area contributed by atoms with Gasteiger partial charge in [-0.15, -0.1) is 0 Å². The van der Waals surface area contributed by atoms with E-state index in [1.54, 1.807) is 6.20 Å². The van der Waals surface area contributed by atoms with Crippen molar-refractivity contribution in [2.45, 2.75) is 39.8 Å². The molecule has 3 nitrogen and oxygen atoms in total. The predicted octanol–water partition coefficient (Wildman–Crippen LogP) is 3.43. The first-order valence-electron chi connectivity index (χ1n) is 6.55. The monoisotopic (exact) mass is 244 g/mol. The Hall–Kier alpha value is -1.77. The molecule has 1 heterocycles. The van der Waals surface area contributed by atoms with Gasteiger partial charge in [-0.3, -0.25) is 4.68 Å². The zero-order valence-electron chi connectivity index (χ0n) is 11.1. The summed E-state index contributed by atoms with van der Waals surface area (Å²) in [5.41, 5.74) is 2.55. The lowest BCUT2D eigenvalue weighted by molar-refractivity contribution is 0.305. The largest absolute Gasteiger partial charge is 0.486 e. The van der Waals surface area contributed by atoms with Crippen LogP contribution in [0.5, 0.6) is 5.75 Å². The number of rotatable bonds is 6. The Morgan fingerprint density at radius 1 is 1.11 bits per heavy atom. The second kappa shape index (κ2) is 6.24. The molecule has 0 unspecified atom stereocenters. The summed E-state index contributed by atoms with van der Waals surface area (Å²) in [6.07, 6.45) is 5.88. The lowest BCUT2D eigenvalue weighted by Crippen LogP contribution is -1.96. The lowest BCUT2D eigenvalue weighted by atomic mass is 10.1. The smallest absolute Gasteiger partial charge is 0.157 e. The third-order valence-electron chi connectivity index (χ3n) is 2.90. The van der Waals surface area contributed by atoms with Crippen LogP contribution in [-0.2, 0) is 19.6 Å². The lowest BCUT2D eigenvalue weighted by Gasteiger charge is -2.04. The van der Waals surface area contributed by atoms with Gasteiger partial charge in [-0.05, 0) is 24.0 Å². The molecule has 0 aliphatic rings. The highest BCUT2D eigenvalue weighted by Crippen LogP contribution is 2.12. The van der Waals surface area contributed by atoms with E-state index >= 15 is 0 Å². The third kappa shape index (κ3) is 3.36. The SMILES string of the molecule is CCCn1cc(OCc2ccc(CC)cc2)cn1. The van der Waals surface area contributed by atoms with E-state index in [9.17, 15) is 0 Å². The first-order chi connectivity index (χ1) is 8.81. The predicted molar refractivity (Wildman–Crippen MR) is 72.7 cm³/mol. The van der Waals surface area contributed by atoms with Crippen LogP contribution in [-0.4, -0.2) is 9.78 Å². The second-order valence-electron chi connectivity index (χ2n) is 4.40. The Morgan fingerprint density at radius 2 is 1.83 bits per heavy atom. The number of aromatic nitrogens is 2. The Kier molecular flexibility index (Phi) is 4.40. The minimum Gasteiger partial charge on any atom is -0.486 e. The molecule has 0 fully saturated rings. The molecule has 2 aromatic rings. The summed E-state index contributed by atoms with van der Waals surface area (Å²) < 4.78 is 7.62. The molecule has 1 aromatic heterocycles. The zero-order valence-corrected chi connectivity index (χ0v) is 11.1. The molecule has 0 saturated carbocycles. The topological polar surface area (TPSA) is 27.1 Å². The quantitative estimate of drug-likeness (QED) is 0.778. The number of hydrogen-bond acceptors (Lipinski definition) is 2. The molecule has 0 N–H and O–H groups in total. The highest BCUT2D eigenvalue weighted by atomic mass is 16.5. The molecule has 0 spiro atoms. The van der Waals surface area contributed by atoms with Crippen LogP contribution < -0.4 is 4.74 Å². The van der Waals surface area contributed by atoms with Crippen molar-refractivity contribution in [2.24, 2.45) is 0 Å². The molecule has 0 amide bonds. The van der Waals surface area contributed by atoms with E-state index in [1.165, 1.54) is 11.1 Å². The fourth-order valence-corrected chi connectivity index (χ4v) is 1.81. The van der Waals surface area contributed by atoms with Crippen LogP contribution in [0, 0.1) is 0 Å². The van der Waals surface area contributed by atoms with Gasteiger partial charge < -0.3 is 4.74 Å². The Bertz CT molecular complexity index is 473. The highest BCUT2D eigenvalue weighted by molar-refractivity contribution is 5.22. The average molecular weight is 244 g/mol. The van der Waals surface area contributed by atoms with Gasteiger partial charge in [-0.25, -0.2) is 0 Å². The summed E-state index contributed by atoms with van der Waals surface area (Å²) in [5.74, 6) is 0.836. The van der Waals surface area contributed by atoms with Gasteiger partial charge in [0.1, 0.15) is 6.61 Å². The first kappa shape index (κ1) is 12.7. The molecule has 18 heavy (non-hydrogen) atoms. The summed E-state index contributed by atoms with van der Waals surface area (Å²) >= 11 is 0. The molecular formula is C15H20N2O. The molecule has 2 rings (SSSR count). The summed E-state index contributed by atoms with van der Waals surface area (Å²) in [5, 5.41) is 4.24. The zero-order chi connectivity index (χ0) is 12.8. The van der Waals surface area contributed by atoms with E-state index in [1.807, 2.05) is 10.9 Å². The van der Waals surface area contributed by atoms with Gasteiger partial charge in [0.25, 0.3) is 0 Å². The molecule has 0 saturated heterocycles. The maximum absolute atomic E-state index is 5.71. The van der Waals surface area contributed by atoms with E-state index < -0.39 is 0 Å². The minimum absolute atomic E-state index is 0.599. The van der Waals surface area contributed by atoms with Crippen molar-refractivity contribution >= 4 is 0 Å². The van der Waals surface area contributed by atoms with Crippen LogP contribution >= 0.6 is 0 Å². The molecule has 0 aliphatic carbocycles. The minimum atomic E-state index is 0.599. The number of hydrogen-bond donors (Lipinski definition) is 0. The van der Waals surface area contributed by atoms with Gasteiger partial charge in [0.05, 0.1) is 12.4 Å². The maximum atomic E-state index is 5.71. The van der Waals surface area contributed by atoms with E-state index in [-0.39, 0.29) is 0 Å². The number of aryl methyl sites for hydroxylation is 2. The van der Waals surface area contributed by atoms with Crippen molar-refractivity contribution in [1.29, 1.82) is 0 Å². The van der Waals surface area contributed by atoms with Crippen LogP contribution in [0.4, 0.5) is 0 Å². The van der Waals surface area contributed by atoms with Crippen LogP contribution in [0.15, 0.2) is 36.7 Å². The van der Waals surface area contributed by atoms with Crippen molar-refractivity contribution in [1.82, 2.24) is 9.78 Å². The van der Waals surface area contributed by atoms with Crippen LogP contribution in [0.3, 0.4) is 0 Å². The van der Waals surface area contributed by atoms with Crippen molar-refractivity contribution < 1.29 is 4.74 Å². The van der Waals surface area contributed by atoms with Crippen LogP contribution in [0.25, 0.3) is 0 Å². The van der Waals surface area contributed by atoms with Crippen LogP contribution in [0.1, 0.15) is 31.4 Å². The van der Waals surface area contributed by atoms with Crippen molar-refractivity contribution in [3.63, 3.8) is 0 Å². The average Bonchev–Trinajstić information content (AvgIpc) is 2.85.